The zero-order valence-electron chi connectivity index (χ0n) is 11.8. The lowest BCUT2D eigenvalue weighted by molar-refractivity contribution is 0.301. The average molecular weight is 349 g/mol. The molecular weight excluding hydrogens is 332 g/mol. The van der Waals surface area contributed by atoms with Gasteiger partial charge in [-0.15, -0.1) is 0 Å². The summed E-state index contributed by atoms with van der Waals surface area (Å²) in [6.07, 6.45) is 3.36. The summed E-state index contributed by atoms with van der Waals surface area (Å²) in [6.45, 7) is 2.26. The summed E-state index contributed by atoms with van der Waals surface area (Å²) >= 11 is 3.35. The summed E-state index contributed by atoms with van der Waals surface area (Å²) in [7, 11) is 0. The van der Waals surface area contributed by atoms with Crippen LogP contribution in [-0.2, 0) is 13.0 Å². The van der Waals surface area contributed by atoms with Crippen LogP contribution in [0.5, 0.6) is 5.75 Å². The Balaban J connectivity index is 1.86. The monoisotopic (exact) mass is 348 g/mol. The summed E-state index contributed by atoms with van der Waals surface area (Å²) in [5, 5.41) is 11.8. The molecule has 110 valence electrons. The molecule has 0 aliphatic rings. The van der Waals surface area contributed by atoms with Crippen LogP contribution < -0.4 is 4.74 Å². The highest BCUT2D eigenvalue weighted by Crippen LogP contribution is 2.15. The third-order valence-corrected chi connectivity index (χ3v) is 3.51. The van der Waals surface area contributed by atoms with E-state index in [0.29, 0.717) is 6.61 Å². The second-order valence-corrected chi connectivity index (χ2v) is 5.65. The maximum atomic E-state index is 8.61. The predicted molar refractivity (Wildman–Crippen MR) is 85.9 cm³/mol. The van der Waals surface area contributed by atoms with Gasteiger partial charge in [0.2, 0.25) is 0 Å². The first-order valence-electron chi connectivity index (χ1n) is 6.67. The van der Waals surface area contributed by atoms with Crippen molar-refractivity contribution in [1.82, 2.24) is 4.98 Å². The van der Waals surface area contributed by atoms with E-state index < -0.39 is 0 Å². The lowest BCUT2D eigenvalue weighted by Gasteiger charge is -2.07. The van der Waals surface area contributed by atoms with Gasteiger partial charge in [-0.2, -0.15) is 0 Å². The zero-order chi connectivity index (χ0) is 15.1. The molecule has 0 saturated heterocycles. The van der Waals surface area contributed by atoms with Crippen molar-refractivity contribution in [2.45, 2.75) is 26.4 Å². The molecule has 0 radical (unpaired) electrons. The fourth-order valence-electron chi connectivity index (χ4n) is 1.78. The normalized spacial score (nSPS) is 11.4. The standard InChI is InChI=1S/C16H17BrN2O2/c1-12(19-20)2-3-13-4-8-16(9-5-13)21-11-15-7-6-14(17)10-18-15/h4-10,20H,2-3,11H2,1H3/b19-12-. The van der Waals surface area contributed by atoms with Gasteiger partial charge in [0.25, 0.3) is 0 Å². The van der Waals surface area contributed by atoms with Gasteiger partial charge in [-0.05, 0) is 65.5 Å². The lowest BCUT2D eigenvalue weighted by Crippen LogP contribution is -1.98. The Morgan fingerprint density at radius 3 is 2.62 bits per heavy atom. The first-order chi connectivity index (χ1) is 10.2. The van der Waals surface area contributed by atoms with Crippen molar-refractivity contribution >= 4 is 21.6 Å². The molecule has 1 aromatic heterocycles. The molecule has 0 bridgehead atoms. The van der Waals surface area contributed by atoms with Gasteiger partial charge in [0, 0.05) is 10.7 Å². The highest BCUT2D eigenvalue weighted by Gasteiger charge is 2.00. The molecular formula is C16H17BrN2O2. The van der Waals surface area contributed by atoms with Crippen molar-refractivity contribution in [2.75, 3.05) is 0 Å². The summed E-state index contributed by atoms with van der Waals surface area (Å²) in [5.41, 5.74) is 2.81. The van der Waals surface area contributed by atoms with Gasteiger partial charge in [-0.3, -0.25) is 4.98 Å². The summed E-state index contributed by atoms with van der Waals surface area (Å²) in [4.78, 5) is 4.26. The zero-order valence-corrected chi connectivity index (χ0v) is 13.4. The minimum Gasteiger partial charge on any atom is -0.487 e. The van der Waals surface area contributed by atoms with Crippen molar-refractivity contribution in [3.8, 4) is 5.75 Å². The minimum atomic E-state index is 0.447. The molecule has 0 spiro atoms. The first kappa shape index (κ1) is 15.5. The molecule has 4 nitrogen and oxygen atoms in total. The fourth-order valence-corrected chi connectivity index (χ4v) is 2.01. The summed E-state index contributed by atoms with van der Waals surface area (Å²) in [6, 6.07) is 11.8. The molecule has 21 heavy (non-hydrogen) atoms. The Hall–Kier alpha value is -1.88. The number of benzene rings is 1. The second-order valence-electron chi connectivity index (χ2n) is 4.74. The van der Waals surface area contributed by atoms with E-state index in [1.807, 2.05) is 43.3 Å². The van der Waals surface area contributed by atoms with Gasteiger partial charge in [-0.25, -0.2) is 0 Å². The third kappa shape index (κ3) is 5.19. The highest BCUT2D eigenvalue weighted by molar-refractivity contribution is 9.10. The highest BCUT2D eigenvalue weighted by atomic mass is 79.9. The van der Waals surface area contributed by atoms with E-state index in [1.165, 1.54) is 5.56 Å². The molecule has 0 unspecified atom stereocenters. The van der Waals surface area contributed by atoms with E-state index in [1.54, 1.807) is 6.20 Å². The van der Waals surface area contributed by atoms with Crippen LogP contribution in [0.15, 0.2) is 52.2 Å². The van der Waals surface area contributed by atoms with E-state index in [-0.39, 0.29) is 0 Å². The number of oxime groups is 1. The maximum absolute atomic E-state index is 8.61. The van der Waals surface area contributed by atoms with Crippen molar-refractivity contribution in [3.05, 3.63) is 58.3 Å². The number of ether oxygens (including phenoxy) is 1. The summed E-state index contributed by atoms with van der Waals surface area (Å²) in [5.74, 6) is 0.816. The Kier molecular flexibility index (Phi) is 5.75. The van der Waals surface area contributed by atoms with E-state index in [0.717, 1.165) is 34.5 Å². The van der Waals surface area contributed by atoms with Crippen LogP contribution in [0.1, 0.15) is 24.6 Å². The average Bonchev–Trinajstić information content (AvgIpc) is 2.53. The minimum absolute atomic E-state index is 0.447. The summed E-state index contributed by atoms with van der Waals surface area (Å²) < 4.78 is 6.65. The van der Waals surface area contributed by atoms with Gasteiger partial charge in [0.1, 0.15) is 12.4 Å². The van der Waals surface area contributed by atoms with Crippen LogP contribution in [0.25, 0.3) is 0 Å². The number of halogens is 1. The molecule has 1 heterocycles. The van der Waals surface area contributed by atoms with Gasteiger partial charge < -0.3 is 9.94 Å². The van der Waals surface area contributed by atoms with Gasteiger partial charge in [0.05, 0.1) is 11.4 Å². The third-order valence-electron chi connectivity index (χ3n) is 3.04. The number of nitrogens with zero attached hydrogens (tertiary/aromatic N) is 2. The second kappa shape index (κ2) is 7.78. The van der Waals surface area contributed by atoms with Crippen LogP contribution in [0.2, 0.25) is 0 Å². The van der Waals surface area contributed by atoms with Crippen molar-refractivity contribution in [3.63, 3.8) is 0 Å². The molecule has 0 saturated carbocycles. The van der Waals surface area contributed by atoms with E-state index in [2.05, 4.69) is 26.1 Å². The lowest BCUT2D eigenvalue weighted by atomic mass is 10.1. The molecule has 1 aromatic carbocycles. The maximum Gasteiger partial charge on any atom is 0.130 e. The van der Waals surface area contributed by atoms with Crippen LogP contribution in [-0.4, -0.2) is 15.9 Å². The van der Waals surface area contributed by atoms with Crippen LogP contribution >= 0.6 is 15.9 Å². The SMILES string of the molecule is C/C(CCc1ccc(OCc2ccc(Br)cn2)cc1)=N/O. The number of aryl methyl sites for hydroxylation is 1. The van der Waals surface area contributed by atoms with Crippen molar-refractivity contribution in [2.24, 2.45) is 5.16 Å². The van der Waals surface area contributed by atoms with Crippen molar-refractivity contribution < 1.29 is 9.94 Å². The van der Waals surface area contributed by atoms with E-state index in [9.17, 15) is 0 Å². The quantitative estimate of drug-likeness (QED) is 0.483. The number of hydrogen-bond acceptors (Lipinski definition) is 4. The topological polar surface area (TPSA) is 54.7 Å². The molecule has 0 atom stereocenters. The number of aromatic nitrogens is 1. The number of hydrogen-bond donors (Lipinski definition) is 1. The molecule has 0 aliphatic carbocycles. The van der Waals surface area contributed by atoms with E-state index >= 15 is 0 Å². The van der Waals surface area contributed by atoms with Gasteiger partial charge >= 0.3 is 0 Å². The molecule has 0 fully saturated rings. The molecule has 0 aliphatic heterocycles. The van der Waals surface area contributed by atoms with Crippen LogP contribution in [0.3, 0.4) is 0 Å². The Morgan fingerprint density at radius 1 is 1.24 bits per heavy atom. The van der Waals surface area contributed by atoms with Crippen molar-refractivity contribution in [1.29, 1.82) is 0 Å². The Bertz CT molecular complexity index is 595. The molecule has 0 amide bonds. The predicted octanol–water partition coefficient (Wildman–Crippen LogP) is 4.21. The first-order valence-corrected chi connectivity index (χ1v) is 7.46. The van der Waals surface area contributed by atoms with Crippen LogP contribution in [0, 0.1) is 0 Å². The molecule has 1 N–H and O–H groups in total. The Labute approximate surface area is 132 Å². The number of rotatable bonds is 6. The molecule has 2 rings (SSSR count). The molecule has 5 heteroatoms. The number of pyridine rings is 1. The van der Waals surface area contributed by atoms with Gasteiger partial charge in [0.15, 0.2) is 0 Å². The Morgan fingerprint density at radius 2 is 2.00 bits per heavy atom. The largest absolute Gasteiger partial charge is 0.487 e. The van der Waals surface area contributed by atoms with Crippen LogP contribution in [0.4, 0.5) is 0 Å². The van der Waals surface area contributed by atoms with E-state index in [4.69, 9.17) is 9.94 Å². The van der Waals surface area contributed by atoms with Gasteiger partial charge in [-0.1, -0.05) is 17.3 Å². The smallest absolute Gasteiger partial charge is 0.130 e. The molecule has 2 aromatic rings. The fraction of sp³-hybridized carbons (Fsp3) is 0.250.